The molecule has 0 aliphatic heterocycles. The molecule has 1 aromatic carbocycles. The van der Waals surface area contributed by atoms with E-state index < -0.39 is 6.04 Å². The van der Waals surface area contributed by atoms with Crippen molar-refractivity contribution >= 4 is 5.97 Å². The van der Waals surface area contributed by atoms with Gasteiger partial charge in [0.15, 0.2) is 0 Å². The Morgan fingerprint density at radius 1 is 1.42 bits per heavy atom. The molecule has 0 saturated heterocycles. The molecule has 0 saturated carbocycles. The average molecular weight is 269 g/mol. The van der Waals surface area contributed by atoms with Crippen molar-refractivity contribution in [3.05, 3.63) is 30.1 Å². The summed E-state index contributed by atoms with van der Waals surface area (Å²) in [4.78, 5) is 11.5. The molecule has 4 nitrogen and oxygen atoms in total. The van der Waals surface area contributed by atoms with E-state index in [0.29, 0.717) is 18.8 Å². The van der Waals surface area contributed by atoms with Gasteiger partial charge in [-0.1, -0.05) is 19.9 Å². The van der Waals surface area contributed by atoms with E-state index in [-0.39, 0.29) is 17.8 Å². The van der Waals surface area contributed by atoms with Gasteiger partial charge >= 0.3 is 5.97 Å². The van der Waals surface area contributed by atoms with Crippen molar-refractivity contribution in [1.29, 1.82) is 0 Å². The van der Waals surface area contributed by atoms with Crippen LogP contribution in [0.1, 0.15) is 20.3 Å². The van der Waals surface area contributed by atoms with E-state index in [2.05, 4.69) is 5.32 Å². The summed E-state index contributed by atoms with van der Waals surface area (Å²) in [6.07, 6.45) is 0.460. The Labute approximate surface area is 112 Å². The molecule has 1 atom stereocenters. The molecule has 106 valence electrons. The van der Waals surface area contributed by atoms with Crippen molar-refractivity contribution in [3.63, 3.8) is 0 Å². The van der Waals surface area contributed by atoms with Crippen LogP contribution in [-0.2, 0) is 9.53 Å². The van der Waals surface area contributed by atoms with Gasteiger partial charge in [0.1, 0.15) is 17.6 Å². The summed E-state index contributed by atoms with van der Waals surface area (Å²) in [7, 11) is 1.35. The molecule has 1 unspecified atom stereocenters. The van der Waals surface area contributed by atoms with Crippen LogP contribution in [0, 0.1) is 5.82 Å². The summed E-state index contributed by atoms with van der Waals surface area (Å²) < 4.78 is 23.1. The lowest BCUT2D eigenvalue weighted by atomic mass is 10.2. The van der Waals surface area contributed by atoms with Crippen LogP contribution >= 0.6 is 0 Å². The third-order valence-corrected chi connectivity index (χ3v) is 2.49. The SMILES string of the molecule is COC(=O)C(CCOc1cccc(F)c1)NC(C)C. The minimum atomic E-state index is -0.418. The van der Waals surface area contributed by atoms with Crippen LogP contribution in [0.15, 0.2) is 24.3 Å². The number of esters is 1. The third-order valence-electron chi connectivity index (χ3n) is 2.49. The van der Waals surface area contributed by atoms with Crippen molar-refractivity contribution in [2.24, 2.45) is 0 Å². The molecule has 1 rings (SSSR count). The second kappa shape index (κ2) is 7.74. The van der Waals surface area contributed by atoms with Gasteiger partial charge in [-0.05, 0) is 12.1 Å². The first kappa shape index (κ1) is 15.4. The van der Waals surface area contributed by atoms with Crippen molar-refractivity contribution in [2.75, 3.05) is 13.7 Å². The largest absolute Gasteiger partial charge is 0.493 e. The summed E-state index contributed by atoms with van der Waals surface area (Å²) in [6, 6.07) is 5.66. The average Bonchev–Trinajstić information content (AvgIpc) is 2.36. The van der Waals surface area contributed by atoms with Gasteiger partial charge in [-0.3, -0.25) is 4.79 Å². The fraction of sp³-hybridized carbons (Fsp3) is 0.500. The Morgan fingerprint density at radius 2 is 2.16 bits per heavy atom. The number of nitrogens with one attached hydrogen (secondary N) is 1. The maximum atomic E-state index is 12.9. The standard InChI is InChI=1S/C14H20FNO3/c1-10(2)16-13(14(17)18-3)7-8-19-12-6-4-5-11(15)9-12/h4-6,9-10,13,16H,7-8H2,1-3H3. The Hall–Kier alpha value is -1.62. The molecule has 0 heterocycles. The molecule has 0 amide bonds. The van der Waals surface area contributed by atoms with Crippen LogP contribution in [0.5, 0.6) is 5.75 Å². The van der Waals surface area contributed by atoms with E-state index in [1.165, 1.54) is 19.2 Å². The van der Waals surface area contributed by atoms with Gasteiger partial charge in [0.05, 0.1) is 13.7 Å². The van der Waals surface area contributed by atoms with Crippen molar-refractivity contribution < 1.29 is 18.7 Å². The number of carbonyl (C=O) groups excluding carboxylic acids is 1. The second-order valence-corrected chi connectivity index (χ2v) is 4.49. The Morgan fingerprint density at radius 3 is 2.74 bits per heavy atom. The van der Waals surface area contributed by atoms with Crippen LogP contribution in [0.3, 0.4) is 0 Å². The highest BCUT2D eigenvalue weighted by molar-refractivity contribution is 5.75. The summed E-state index contributed by atoms with van der Waals surface area (Å²) in [5.74, 6) is -0.216. The first-order valence-electron chi connectivity index (χ1n) is 6.25. The molecule has 5 heteroatoms. The van der Waals surface area contributed by atoms with E-state index in [1.54, 1.807) is 12.1 Å². The molecule has 0 radical (unpaired) electrons. The monoisotopic (exact) mass is 269 g/mol. The Bertz CT molecular complexity index is 409. The summed E-state index contributed by atoms with van der Waals surface area (Å²) >= 11 is 0. The molecular formula is C14H20FNO3. The summed E-state index contributed by atoms with van der Waals surface area (Å²) in [5, 5.41) is 3.10. The molecule has 0 aromatic heterocycles. The van der Waals surface area contributed by atoms with Gasteiger partial charge in [-0.15, -0.1) is 0 Å². The number of halogens is 1. The summed E-state index contributed by atoms with van der Waals surface area (Å²) in [6.45, 7) is 4.20. The lowest BCUT2D eigenvalue weighted by molar-refractivity contribution is -0.143. The van der Waals surface area contributed by atoms with E-state index in [9.17, 15) is 9.18 Å². The van der Waals surface area contributed by atoms with Gasteiger partial charge in [0, 0.05) is 18.5 Å². The fourth-order valence-electron chi connectivity index (χ4n) is 1.67. The van der Waals surface area contributed by atoms with Crippen LogP contribution in [0.2, 0.25) is 0 Å². The maximum Gasteiger partial charge on any atom is 0.322 e. The van der Waals surface area contributed by atoms with Gasteiger partial charge in [-0.25, -0.2) is 4.39 Å². The molecule has 0 bridgehead atoms. The fourth-order valence-corrected chi connectivity index (χ4v) is 1.67. The van der Waals surface area contributed by atoms with Gasteiger partial charge in [-0.2, -0.15) is 0 Å². The number of ether oxygens (including phenoxy) is 2. The molecule has 19 heavy (non-hydrogen) atoms. The van der Waals surface area contributed by atoms with Crippen LogP contribution < -0.4 is 10.1 Å². The first-order chi connectivity index (χ1) is 9.02. The predicted octanol–water partition coefficient (Wildman–Crippen LogP) is 2.13. The smallest absolute Gasteiger partial charge is 0.322 e. The van der Waals surface area contributed by atoms with E-state index >= 15 is 0 Å². The van der Waals surface area contributed by atoms with Crippen LogP contribution in [0.4, 0.5) is 4.39 Å². The number of hydrogen-bond acceptors (Lipinski definition) is 4. The van der Waals surface area contributed by atoms with E-state index in [0.717, 1.165) is 0 Å². The highest BCUT2D eigenvalue weighted by Gasteiger charge is 2.19. The Kier molecular flexibility index (Phi) is 6.29. The predicted molar refractivity (Wildman–Crippen MR) is 70.6 cm³/mol. The second-order valence-electron chi connectivity index (χ2n) is 4.49. The maximum absolute atomic E-state index is 12.9. The lowest BCUT2D eigenvalue weighted by Crippen LogP contribution is -2.42. The van der Waals surface area contributed by atoms with E-state index in [1.807, 2.05) is 13.8 Å². The van der Waals surface area contributed by atoms with Gasteiger partial charge in [0.25, 0.3) is 0 Å². The number of benzene rings is 1. The molecule has 1 N–H and O–H groups in total. The topological polar surface area (TPSA) is 47.6 Å². The van der Waals surface area contributed by atoms with Crippen molar-refractivity contribution in [2.45, 2.75) is 32.4 Å². The number of methoxy groups -OCH3 is 1. The number of rotatable bonds is 7. The third kappa shape index (κ3) is 5.70. The number of hydrogen-bond donors (Lipinski definition) is 1. The van der Waals surface area contributed by atoms with Crippen LogP contribution in [-0.4, -0.2) is 31.8 Å². The highest BCUT2D eigenvalue weighted by atomic mass is 19.1. The Balaban J connectivity index is 2.45. The molecule has 0 spiro atoms. The molecule has 0 aliphatic carbocycles. The normalized spacial score (nSPS) is 12.3. The van der Waals surface area contributed by atoms with Gasteiger partial charge < -0.3 is 14.8 Å². The molecule has 1 aromatic rings. The minimum Gasteiger partial charge on any atom is -0.493 e. The molecule has 0 aliphatic rings. The van der Waals surface area contributed by atoms with Crippen molar-refractivity contribution in [3.8, 4) is 5.75 Å². The zero-order valence-electron chi connectivity index (χ0n) is 11.5. The van der Waals surface area contributed by atoms with Gasteiger partial charge in [0.2, 0.25) is 0 Å². The van der Waals surface area contributed by atoms with Crippen LogP contribution in [0.25, 0.3) is 0 Å². The highest BCUT2D eigenvalue weighted by Crippen LogP contribution is 2.12. The van der Waals surface area contributed by atoms with E-state index in [4.69, 9.17) is 9.47 Å². The number of carbonyl (C=O) groups is 1. The first-order valence-corrected chi connectivity index (χ1v) is 6.25. The minimum absolute atomic E-state index is 0.165. The zero-order valence-corrected chi connectivity index (χ0v) is 11.5. The lowest BCUT2D eigenvalue weighted by Gasteiger charge is -2.19. The quantitative estimate of drug-likeness (QED) is 0.770. The summed E-state index contributed by atoms with van der Waals surface area (Å²) in [5.41, 5.74) is 0. The molecular weight excluding hydrogens is 249 g/mol. The zero-order chi connectivity index (χ0) is 14.3. The molecule has 0 fully saturated rings. The van der Waals surface area contributed by atoms with Crippen molar-refractivity contribution in [1.82, 2.24) is 5.32 Å².